The van der Waals surface area contributed by atoms with Crippen LogP contribution < -0.4 is 5.56 Å². The molecular formula is C24H31N5O. The van der Waals surface area contributed by atoms with Gasteiger partial charge in [0.25, 0.3) is 5.56 Å². The van der Waals surface area contributed by atoms with Gasteiger partial charge in [-0.05, 0) is 43.7 Å². The predicted octanol–water partition coefficient (Wildman–Crippen LogP) is 4.09. The van der Waals surface area contributed by atoms with E-state index in [0.29, 0.717) is 17.3 Å². The number of benzene rings is 1. The summed E-state index contributed by atoms with van der Waals surface area (Å²) < 4.78 is 2.01. The molecule has 1 aliphatic carbocycles. The summed E-state index contributed by atoms with van der Waals surface area (Å²) in [7, 11) is 0. The Hall–Kier alpha value is -2.47. The average Bonchev–Trinajstić information content (AvgIpc) is 3.43. The third-order valence-electron chi connectivity index (χ3n) is 7.08. The molecule has 1 aromatic carbocycles. The van der Waals surface area contributed by atoms with Crippen LogP contribution in [0.25, 0.3) is 11.0 Å². The maximum atomic E-state index is 12.8. The number of hydrogen-bond donors (Lipinski definition) is 1. The van der Waals surface area contributed by atoms with Crippen molar-refractivity contribution in [3.63, 3.8) is 0 Å². The van der Waals surface area contributed by atoms with Gasteiger partial charge in [0.05, 0.1) is 12.2 Å². The summed E-state index contributed by atoms with van der Waals surface area (Å²) >= 11 is 0. The van der Waals surface area contributed by atoms with E-state index >= 15 is 0 Å². The highest BCUT2D eigenvalue weighted by Crippen LogP contribution is 2.33. The molecular weight excluding hydrogens is 374 g/mol. The zero-order chi connectivity index (χ0) is 20.8. The Kier molecular flexibility index (Phi) is 4.97. The minimum Gasteiger partial charge on any atom is -0.310 e. The smallest absolute Gasteiger partial charge is 0.262 e. The van der Waals surface area contributed by atoms with Crippen molar-refractivity contribution in [2.75, 3.05) is 13.1 Å². The van der Waals surface area contributed by atoms with Crippen LogP contribution in [0.5, 0.6) is 0 Å². The number of H-pyrrole nitrogens is 1. The number of hydrogen-bond acceptors (Lipinski definition) is 4. The van der Waals surface area contributed by atoms with E-state index in [4.69, 9.17) is 4.98 Å². The SMILES string of the molecule is Cc1ccc(CN2C[C@@H](C)[C@H](c3nc4c(cnn4C4CCCC4)c(=O)[nH]3)C2)c(C)c1. The molecule has 2 atom stereocenters. The molecule has 2 aromatic heterocycles. The highest BCUT2D eigenvalue weighted by atomic mass is 16.1. The molecule has 2 aliphatic rings. The van der Waals surface area contributed by atoms with Gasteiger partial charge in [0, 0.05) is 25.6 Å². The highest BCUT2D eigenvalue weighted by molar-refractivity contribution is 5.73. The van der Waals surface area contributed by atoms with E-state index in [2.05, 4.69) is 54.0 Å². The van der Waals surface area contributed by atoms with E-state index in [0.717, 1.165) is 43.9 Å². The van der Waals surface area contributed by atoms with Crippen LogP contribution in [0.15, 0.2) is 29.2 Å². The van der Waals surface area contributed by atoms with Gasteiger partial charge in [0.1, 0.15) is 11.2 Å². The van der Waals surface area contributed by atoms with Gasteiger partial charge >= 0.3 is 0 Å². The highest BCUT2D eigenvalue weighted by Gasteiger charge is 2.33. The van der Waals surface area contributed by atoms with E-state index in [1.807, 2.05) is 4.68 Å². The van der Waals surface area contributed by atoms with Gasteiger partial charge < -0.3 is 4.98 Å². The maximum absolute atomic E-state index is 12.8. The number of fused-ring (bicyclic) bond motifs is 1. The van der Waals surface area contributed by atoms with Crippen molar-refractivity contribution in [2.24, 2.45) is 5.92 Å². The fourth-order valence-electron chi connectivity index (χ4n) is 5.36. The van der Waals surface area contributed by atoms with Gasteiger partial charge in [0.15, 0.2) is 5.65 Å². The first-order valence-electron chi connectivity index (χ1n) is 11.3. The van der Waals surface area contributed by atoms with Crippen LogP contribution in [0.3, 0.4) is 0 Å². The van der Waals surface area contributed by atoms with Crippen molar-refractivity contribution >= 4 is 11.0 Å². The molecule has 2 fully saturated rings. The summed E-state index contributed by atoms with van der Waals surface area (Å²) in [5, 5.41) is 5.15. The normalized spacial score (nSPS) is 23.0. The van der Waals surface area contributed by atoms with Crippen molar-refractivity contribution in [3.05, 3.63) is 57.3 Å². The summed E-state index contributed by atoms with van der Waals surface area (Å²) in [4.78, 5) is 23.3. The van der Waals surface area contributed by atoms with Gasteiger partial charge in [-0.2, -0.15) is 5.10 Å². The average molecular weight is 406 g/mol. The second-order valence-electron chi connectivity index (χ2n) is 9.42. The quantitative estimate of drug-likeness (QED) is 0.710. The molecule has 3 heterocycles. The predicted molar refractivity (Wildman–Crippen MR) is 119 cm³/mol. The number of nitrogens with one attached hydrogen (secondary N) is 1. The molecule has 6 nitrogen and oxygen atoms in total. The first-order chi connectivity index (χ1) is 14.5. The molecule has 1 aliphatic heterocycles. The monoisotopic (exact) mass is 405 g/mol. The zero-order valence-corrected chi connectivity index (χ0v) is 18.2. The van der Waals surface area contributed by atoms with Crippen molar-refractivity contribution in [2.45, 2.75) is 65.0 Å². The number of rotatable bonds is 4. The lowest BCUT2D eigenvalue weighted by atomic mass is 9.97. The molecule has 3 aromatic rings. The molecule has 158 valence electrons. The Bertz CT molecular complexity index is 1120. The van der Waals surface area contributed by atoms with E-state index in [1.165, 1.54) is 29.5 Å². The Morgan fingerprint density at radius 1 is 1.17 bits per heavy atom. The van der Waals surface area contributed by atoms with Crippen LogP contribution in [-0.4, -0.2) is 37.7 Å². The van der Waals surface area contributed by atoms with Crippen LogP contribution in [0.2, 0.25) is 0 Å². The van der Waals surface area contributed by atoms with Gasteiger partial charge in [-0.3, -0.25) is 9.69 Å². The van der Waals surface area contributed by atoms with Crippen LogP contribution >= 0.6 is 0 Å². The van der Waals surface area contributed by atoms with E-state index in [1.54, 1.807) is 6.20 Å². The van der Waals surface area contributed by atoms with Gasteiger partial charge in [-0.15, -0.1) is 0 Å². The Balaban J connectivity index is 1.42. The lowest BCUT2D eigenvalue weighted by Gasteiger charge is -2.18. The second kappa shape index (κ2) is 7.65. The summed E-state index contributed by atoms with van der Waals surface area (Å²) in [6, 6.07) is 7.07. The van der Waals surface area contributed by atoms with E-state index < -0.39 is 0 Å². The van der Waals surface area contributed by atoms with Gasteiger partial charge in [0.2, 0.25) is 0 Å². The topological polar surface area (TPSA) is 66.8 Å². The fraction of sp³-hybridized carbons (Fsp3) is 0.542. The summed E-state index contributed by atoms with van der Waals surface area (Å²) in [6.45, 7) is 9.47. The molecule has 30 heavy (non-hydrogen) atoms. The number of aryl methyl sites for hydroxylation is 2. The van der Waals surface area contributed by atoms with E-state index in [9.17, 15) is 4.79 Å². The number of nitrogens with zero attached hydrogens (tertiary/aromatic N) is 4. The minimum absolute atomic E-state index is 0.0562. The largest absolute Gasteiger partial charge is 0.310 e. The molecule has 1 saturated heterocycles. The lowest BCUT2D eigenvalue weighted by Crippen LogP contribution is -2.22. The van der Waals surface area contributed by atoms with Crippen molar-refractivity contribution in [3.8, 4) is 0 Å². The molecule has 0 amide bonds. The number of aromatic amines is 1. The van der Waals surface area contributed by atoms with Crippen molar-refractivity contribution in [1.29, 1.82) is 0 Å². The molecule has 5 rings (SSSR count). The molecule has 1 N–H and O–H groups in total. The van der Waals surface area contributed by atoms with Crippen molar-refractivity contribution < 1.29 is 0 Å². The standard InChI is InChI=1S/C24H31N5O/c1-15-8-9-18(16(2)10-15)13-28-12-17(3)21(14-28)22-26-23-20(24(30)27-22)11-25-29(23)19-6-4-5-7-19/h8-11,17,19,21H,4-7,12-14H2,1-3H3,(H,26,27,30)/t17-,21-/m1/s1. The molecule has 0 bridgehead atoms. The van der Waals surface area contributed by atoms with Crippen LogP contribution in [0.4, 0.5) is 0 Å². The molecule has 0 unspecified atom stereocenters. The summed E-state index contributed by atoms with van der Waals surface area (Å²) in [5.41, 5.74) is 4.74. The number of aromatic nitrogens is 4. The van der Waals surface area contributed by atoms with Crippen LogP contribution in [0.1, 0.15) is 67.1 Å². The van der Waals surface area contributed by atoms with E-state index in [-0.39, 0.29) is 11.5 Å². The first-order valence-corrected chi connectivity index (χ1v) is 11.3. The Morgan fingerprint density at radius 3 is 2.73 bits per heavy atom. The lowest BCUT2D eigenvalue weighted by molar-refractivity contribution is 0.318. The Morgan fingerprint density at radius 2 is 1.97 bits per heavy atom. The molecule has 0 radical (unpaired) electrons. The summed E-state index contributed by atoms with van der Waals surface area (Å²) in [6.07, 6.45) is 6.41. The third-order valence-corrected chi connectivity index (χ3v) is 7.08. The van der Waals surface area contributed by atoms with Gasteiger partial charge in [-0.1, -0.05) is 43.5 Å². The van der Waals surface area contributed by atoms with Crippen LogP contribution in [0, 0.1) is 19.8 Å². The fourth-order valence-corrected chi connectivity index (χ4v) is 5.36. The maximum Gasteiger partial charge on any atom is 0.262 e. The minimum atomic E-state index is -0.0562. The Labute approximate surface area is 177 Å². The summed E-state index contributed by atoms with van der Waals surface area (Å²) in [5.74, 6) is 1.50. The molecule has 1 saturated carbocycles. The van der Waals surface area contributed by atoms with Crippen LogP contribution in [-0.2, 0) is 6.54 Å². The third kappa shape index (κ3) is 3.47. The molecule has 0 spiro atoms. The second-order valence-corrected chi connectivity index (χ2v) is 9.42. The number of likely N-dealkylation sites (tertiary alicyclic amines) is 1. The first kappa shape index (κ1) is 19.5. The zero-order valence-electron chi connectivity index (χ0n) is 18.2. The van der Waals surface area contributed by atoms with Crippen molar-refractivity contribution in [1.82, 2.24) is 24.6 Å². The molecule has 6 heteroatoms. The van der Waals surface area contributed by atoms with Gasteiger partial charge in [-0.25, -0.2) is 9.67 Å².